The Morgan fingerprint density at radius 2 is 1.42 bits per heavy atom. The van der Waals surface area contributed by atoms with Crippen LogP contribution in [0, 0.1) is 6.92 Å². The Hall–Kier alpha value is -2.59. The van der Waals surface area contributed by atoms with Crippen LogP contribution < -0.4 is 4.31 Å². The normalized spacial score (nSPS) is 19.4. The standard InChI is InChI=1S/C22H21NO2S/c1-16-12-14-19(15-13-16)26(24,25)23-21-11-7-6-10-20(21)17(2)22(23)18-8-4-3-5-9-18/h3-15,17,22H,1-2H3/t17-,22-/m0/s1. The minimum Gasteiger partial charge on any atom is -0.258 e. The Bertz CT molecular complexity index is 1030. The summed E-state index contributed by atoms with van der Waals surface area (Å²) in [5, 5.41) is 0. The van der Waals surface area contributed by atoms with Gasteiger partial charge in [0.25, 0.3) is 10.0 Å². The molecule has 1 aliphatic rings. The summed E-state index contributed by atoms with van der Waals surface area (Å²) < 4.78 is 28.7. The molecule has 3 nitrogen and oxygen atoms in total. The first-order valence-electron chi connectivity index (χ1n) is 8.75. The molecule has 4 rings (SSSR count). The van der Waals surface area contributed by atoms with Crippen LogP contribution in [0.25, 0.3) is 0 Å². The van der Waals surface area contributed by atoms with Crippen molar-refractivity contribution in [3.8, 4) is 0 Å². The number of rotatable bonds is 3. The monoisotopic (exact) mass is 363 g/mol. The topological polar surface area (TPSA) is 37.4 Å². The molecule has 0 spiro atoms. The Balaban J connectivity index is 1.91. The SMILES string of the molecule is Cc1ccc(S(=O)(=O)N2c3ccccc3[C@H](C)[C@H]2c2ccccc2)cc1. The molecule has 132 valence electrons. The van der Waals surface area contributed by atoms with E-state index >= 15 is 0 Å². The third kappa shape index (κ3) is 2.61. The van der Waals surface area contributed by atoms with Gasteiger partial charge in [0, 0.05) is 5.92 Å². The van der Waals surface area contributed by atoms with Gasteiger partial charge in [0.15, 0.2) is 0 Å². The van der Waals surface area contributed by atoms with E-state index < -0.39 is 10.0 Å². The molecule has 0 aliphatic carbocycles. The fraction of sp³-hybridized carbons (Fsp3) is 0.182. The van der Waals surface area contributed by atoms with Crippen molar-refractivity contribution in [3.63, 3.8) is 0 Å². The van der Waals surface area contributed by atoms with E-state index in [-0.39, 0.29) is 12.0 Å². The summed E-state index contributed by atoms with van der Waals surface area (Å²) in [7, 11) is -3.67. The third-order valence-corrected chi connectivity index (χ3v) is 6.92. The molecule has 26 heavy (non-hydrogen) atoms. The number of hydrogen-bond acceptors (Lipinski definition) is 2. The van der Waals surface area contributed by atoms with E-state index in [0.29, 0.717) is 4.90 Å². The molecule has 0 saturated heterocycles. The molecular formula is C22H21NO2S. The van der Waals surface area contributed by atoms with Crippen LogP contribution in [0.4, 0.5) is 5.69 Å². The molecule has 3 aromatic rings. The molecule has 0 amide bonds. The van der Waals surface area contributed by atoms with Crippen LogP contribution in [0.5, 0.6) is 0 Å². The number of fused-ring (bicyclic) bond motifs is 1. The second-order valence-corrected chi connectivity index (χ2v) is 8.63. The average molecular weight is 363 g/mol. The highest BCUT2D eigenvalue weighted by atomic mass is 32.2. The fourth-order valence-corrected chi connectivity index (χ4v) is 5.51. The highest BCUT2D eigenvalue weighted by Gasteiger charge is 2.43. The zero-order valence-corrected chi connectivity index (χ0v) is 15.6. The van der Waals surface area contributed by atoms with E-state index in [4.69, 9.17) is 0 Å². The van der Waals surface area contributed by atoms with Gasteiger partial charge in [-0.15, -0.1) is 0 Å². The summed E-state index contributed by atoms with van der Waals surface area (Å²) in [4.78, 5) is 0.327. The van der Waals surface area contributed by atoms with Crippen molar-refractivity contribution in [2.75, 3.05) is 4.31 Å². The maximum Gasteiger partial charge on any atom is 0.264 e. The van der Waals surface area contributed by atoms with E-state index in [0.717, 1.165) is 22.4 Å². The predicted molar refractivity (Wildman–Crippen MR) is 105 cm³/mol. The fourth-order valence-electron chi connectivity index (χ4n) is 3.77. The van der Waals surface area contributed by atoms with Gasteiger partial charge in [-0.25, -0.2) is 8.42 Å². The van der Waals surface area contributed by atoms with Crippen LogP contribution in [-0.4, -0.2) is 8.42 Å². The summed E-state index contributed by atoms with van der Waals surface area (Å²) in [6.07, 6.45) is 0. The molecular weight excluding hydrogens is 342 g/mol. The minimum absolute atomic E-state index is 0.0776. The quantitative estimate of drug-likeness (QED) is 0.653. The zero-order valence-electron chi connectivity index (χ0n) is 14.8. The molecule has 0 aromatic heterocycles. The maximum absolute atomic E-state index is 13.6. The highest BCUT2D eigenvalue weighted by molar-refractivity contribution is 7.92. The van der Waals surface area contributed by atoms with Gasteiger partial charge in [0.05, 0.1) is 16.6 Å². The molecule has 1 heterocycles. The van der Waals surface area contributed by atoms with Crippen molar-refractivity contribution in [3.05, 3.63) is 95.6 Å². The lowest BCUT2D eigenvalue weighted by molar-refractivity contribution is 0.568. The summed E-state index contributed by atoms with van der Waals surface area (Å²) >= 11 is 0. The van der Waals surface area contributed by atoms with Gasteiger partial charge in [-0.2, -0.15) is 0 Å². The first-order valence-corrected chi connectivity index (χ1v) is 10.2. The number of para-hydroxylation sites is 1. The van der Waals surface area contributed by atoms with E-state index in [1.165, 1.54) is 0 Å². The van der Waals surface area contributed by atoms with Crippen molar-refractivity contribution in [2.24, 2.45) is 0 Å². The largest absolute Gasteiger partial charge is 0.264 e. The molecule has 0 N–H and O–H groups in total. The maximum atomic E-state index is 13.6. The van der Waals surface area contributed by atoms with Gasteiger partial charge >= 0.3 is 0 Å². The van der Waals surface area contributed by atoms with Crippen LogP contribution in [0.15, 0.2) is 83.8 Å². The molecule has 0 radical (unpaired) electrons. The summed E-state index contributed by atoms with van der Waals surface area (Å²) in [5.41, 5.74) is 3.89. The first kappa shape index (κ1) is 16.9. The van der Waals surface area contributed by atoms with Gasteiger partial charge in [0.1, 0.15) is 0 Å². The smallest absolute Gasteiger partial charge is 0.258 e. The van der Waals surface area contributed by atoms with Crippen LogP contribution in [0.1, 0.15) is 35.6 Å². The van der Waals surface area contributed by atoms with Gasteiger partial charge in [0.2, 0.25) is 0 Å². The first-order chi connectivity index (χ1) is 12.5. The molecule has 0 bridgehead atoms. The second kappa shape index (κ2) is 6.29. The van der Waals surface area contributed by atoms with E-state index in [2.05, 4.69) is 6.92 Å². The van der Waals surface area contributed by atoms with Crippen molar-refractivity contribution in [1.29, 1.82) is 0 Å². The lowest BCUT2D eigenvalue weighted by atomic mass is 9.92. The van der Waals surface area contributed by atoms with Gasteiger partial charge in [-0.05, 0) is 36.2 Å². The summed E-state index contributed by atoms with van der Waals surface area (Å²) in [5.74, 6) is 0.0776. The number of aryl methyl sites for hydroxylation is 1. The molecule has 3 aromatic carbocycles. The Morgan fingerprint density at radius 1 is 0.808 bits per heavy atom. The molecule has 1 aliphatic heterocycles. The third-order valence-electron chi connectivity index (χ3n) is 5.11. The van der Waals surface area contributed by atoms with Crippen molar-refractivity contribution < 1.29 is 8.42 Å². The van der Waals surface area contributed by atoms with E-state index in [9.17, 15) is 8.42 Å². The lowest BCUT2D eigenvalue weighted by Gasteiger charge is -2.29. The van der Waals surface area contributed by atoms with Crippen LogP contribution in [0.2, 0.25) is 0 Å². The lowest BCUT2D eigenvalue weighted by Crippen LogP contribution is -2.33. The van der Waals surface area contributed by atoms with Gasteiger partial charge in [-0.3, -0.25) is 4.31 Å². The predicted octanol–water partition coefficient (Wildman–Crippen LogP) is 5.05. The number of benzene rings is 3. The summed E-state index contributed by atoms with van der Waals surface area (Å²) in [6, 6.07) is 24.5. The van der Waals surface area contributed by atoms with Crippen LogP contribution in [-0.2, 0) is 10.0 Å². The Morgan fingerprint density at radius 3 is 2.12 bits per heavy atom. The molecule has 0 unspecified atom stereocenters. The van der Waals surface area contributed by atoms with E-state index in [1.807, 2.05) is 73.7 Å². The van der Waals surface area contributed by atoms with Crippen molar-refractivity contribution in [1.82, 2.24) is 0 Å². The second-order valence-electron chi connectivity index (χ2n) is 6.82. The van der Waals surface area contributed by atoms with E-state index in [1.54, 1.807) is 16.4 Å². The number of nitrogens with zero attached hydrogens (tertiary/aromatic N) is 1. The van der Waals surface area contributed by atoms with Crippen LogP contribution in [0.3, 0.4) is 0 Å². The van der Waals surface area contributed by atoms with Crippen molar-refractivity contribution >= 4 is 15.7 Å². The van der Waals surface area contributed by atoms with Crippen LogP contribution >= 0.6 is 0 Å². The van der Waals surface area contributed by atoms with Gasteiger partial charge < -0.3 is 0 Å². The molecule has 0 fully saturated rings. The summed E-state index contributed by atoms with van der Waals surface area (Å²) in [6.45, 7) is 4.05. The molecule has 2 atom stereocenters. The molecule has 0 saturated carbocycles. The average Bonchev–Trinajstić information content (AvgIpc) is 2.96. The zero-order chi connectivity index (χ0) is 18.3. The molecule has 4 heteroatoms. The number of sulfonamides is 1. The Labute approximate surface area is 155 Å². The minimum atomic E-state index is -3.67. The highest BCUT2D eigenvalue weighted by Crippen LogP contribution is 2.50. The van der Waals surface area contributed by atoms with Gasteiger partial charge in [-0.1, -0.05) is 73.2 Å². The van der Waals surface area contributed by atoms with Crippen molar-refractivity contribution in [2.45, 2.75) is 30.7 Å². The number of anilines is 1. The number of hydrogen-bond donors (Lipinski definition) is 0. The Kier molecular flexibility index (Phi) is 4.08.